The second-order valence-electron chi connectivity index (χ2n) is 7.01. The van der Waals surface area contributed by atoms with Gasteiger partial charge in [0.1, 0.15) is 6.61 Å². The quantitative estimate of drug-likeness (QED) is 0.678. The van der Waals surface area contributed by atoms with Crippen LogP contribution in [0.4, 0.5) is 0 Å². The smallest absolute Gasteiger partial charge is 0.248 e. The molecule has 3 rings (SSSR count). The van der Waals surface area contributed by atoms with Gasteiger partial charge in [0.15, 0.2) is 0 Å². The lowest BCUT2D eigenvalue weighted by atomic mass is 10.0. The summed E-state index contributed by atoms with van der Waals surface area (Å²) in [7, 11) is 1.64. The van der Waals surface area contributed by atoms with Gasteiger partial charge in [0, 0.05) is 32.3 Å². The van der Waals surface area contributed by atoms with Gasteiger partial charge in [-0.3, -0.25) is 9.69 Å². The van der Waals surface area contributed by atoms with E-state index in [0.717, 1.165) is 32.5 Å². The number of nitrogens with zero attached hydrogens (tertiary/aromatic N) is 2. The van der Waals surface area contributed by atoms with Crippen LogP contribution < -0.4 is 0 Å². The Balaban J connectivity index is 1.57. The number of rotatable bonds is 8. The minimum atomic E-state index is 0.130. The summed E-state index contributed by atoms with van der Waals surface area (Å²) < 4.78 is 10.4. The van der Waals surface area contributed by atoms with Crippen LogP contribution >= 0.6 is 0 Å². The Hall–Kier alpha value is -1.43. The van der Waals surface area contributed by atoms with E-state index in [1.165, 1.54) is 18.4 Å². The summed E-state index contributed by atoms with van der Waals surface area (Å²) >= 11 is 0. The second-order valence-corrected chi connectivity index (χ2v) is 7.01. The Bertz CT molecular complexity index is 537. The highest BCUT2D eigenvalue weighted by atomic mass is 16.5. The van der Waals surface area contributed by atoms with E-state index in [-0.39, 0.29) is 12.5 Å². The molecule has 2 aliphatic heterocycles. The van der Waals surface area contributed by atoms with Crippen LogP contribution in [0.1, 0.15) is 31.2 Å². The Morgan fingerprint density at radius 3 is 2.64 bits per heavy atom. The van der Waals surface area contributed by atoms with Crippen molar-refractivity contribution in [2.45, 2.75) is 44.3 Å². The summed E-state index contributed by atoms with van der Waals surface area (Å²) in [6.45, 7) is 4.16. The molecule has 0 saturated carbocycles. The fourth-order valence-electron chi connectivity index (χ4n) is 4.19. The average Bonchev–Trinajstić information content (AvgIpc) is 3.28. The predicted molar refractivity (Wildman–Crippen MR) is 97.3 cm³/mol. The van der Waals surface area contributed by atoms with Crippen LogP contribution in [0.3, 0.4) is 0 Å². The van der Waals surface area contributed by atoms with E-state index in [9.17, 15) is 4.79 Å². The molecule has 0 bridgehead atoms. The molecule has 2 saturated heterocycles. The highest BCUT2D eigenvalue weighted by molar-refractivity contribution is 5.78. The molecular weight excluding hydrogens is 316 g/mol. The van der Waals surface area contributed by atoms with Crippen molar-refractivity contribution in [1.82, 2.24) is 9.80 Å². The number of hydrogen-bond donors (Lipinski definition) is 0. The van der Waals surface area contributed by atoms with E-state index in [1.807, 2.05) is 0 Å². The highest BCUT2D eigenvalue weighted by Gasteiger charge is 2.39. The number of likely N-dealkylation sites (tertiary alicyclic amines) is 2. The van der Waals surface area contributed by atoms with Crippen LogP contribution in [0.25, 0.3) is 0 Å². The van der Waals surface area contributed by atoms with Crippen molar-refractivity contribution >= 4 is 5.91 Å². The van der Waals surface area contributed by atoms with Crippen molar-refractivity contribution in [3.05, 3.63) is 35.9 Å². The fourth-order valence-corrected chi connectivity index (χ4v) is 4.19. The molecule has 0 radical (unpaired) electrons. The van der Waals surface area contributed by atoms with E-state index < -0.39 is 0 Å². The summed E-state index contributed by atoms with van der Waals surface area (Å²) in [5, 5.41) is 0. The molecule has 1 amide bonds. The van der Waals surface area contributed by atoms with Gasteiger partial charge in [-0.05, 0) is 37.8 Å². The SMILES string of the molecule is COCCOCC(=O)N1CCC[C@@H]1[C@H]1CCCN1Cc1ccccc1. The first-order valence-corrected chi connectivity index (χ1v) is 9.43. The van der Waals surface area contributed by atoms with Gasteiger partial charge in [-0.2, -0.15) is 0 Å². The number of benzene rings is 1. The maximum atomic E-state index is 12.6. The minimum absolute atomic E-state index is 0.130. The summed E-state index contributed by atoms with van der Waals surface area (Å²) in [6.07, 6.45) is 4.62. The molecule has 2 aliphatic rings. The lowest BCUT2D eigenvalue weighted by Gasteiger charge is -2.35. The van der Waals surface area contributed by atoms with Crippen LogP contribution in [-0.2, 0) is 20.8 Å². The maximum Gasteiger partial charge on any atom is 0.248 e. The van der Waals surface area contributed by atoms with Gasteiger partial charge in [0.25, 0.3) is 0 Å². The molecule has 0 N–H and O–H groups in total. The van der Waals surface area contributed by atoms with Crippen molar-refractivity contribution in [2.24, 2.45) is 0 Å². The zero-order valence-corrected chi connectivity index (χ0v) is 15.2. The number of ether oxygens (including phenoxy) is 2. The van der Waals surface area contributed by atoms with Crippen LogP contribution in [0.2, 0.25) is 0 Å². The van der Waals surface area contributed by atoms with Crippen molar-refractivity contribution in [1.29, 1.82) is 0 Å². The number of methoxy groups -OCH3 is 1. The summed E-state index contributed by atoms with van der Waals surface area (Å²) in [6, 6.07) is 11.5. The molecule has 2 atom stereocenters. The van der Waals surface area contributed by atoms with Crippen LogP contribution in [-0.4, -0.2) is 67.8 Å². The molecule has 5 nitrogen and oxygen atoms in total. The summed E-state index contributed by atoms with van der Waals surface area (Å²) in [4.78, 5) is 17.2. The molecule has 138 valence electrons. The van der Waals surface area contributed by atoms with Crippen molar-refractivity contribution in [3.8, 4) is 0 Å². The van der Waals surface area contributed by atoms with E-state index in [0.29, 0.717) is 25.3 Å². The highest BCUT2D eigenvalue weighted by Crippen LogP contribution is 2.31. The topological polar surface area (TPSA) is 42.0 Å². The van der Waals surface area contributed by atoms with Gasteiger partial charge in [0.2, 0.25) is 5.91 Å². The Kier molecular flexibility index (Phi) is 6.84. The third-order valence-corrected chi connectivity index (χ3v) is 5.36. The Labute approximate surface area is 150 Å². The predicted octanol–water partition coefficient (Wildman–Crippen LogP) is 2.30. The molecule has 2 heterocycles. The molecular formula is C20H30N2O3. The minimum Gasteiger partial charge on any atom is -0.382 e. The van der Waals surface area contributed by atoms with Gasteiger partial charge in [0.05, 0.1) is 13.2 Å². The molecule has 1 aromatic carbocycles. The van der Waals surface area contributed by atoms with Gasteiger partial charge in [-0.25, -0.2) is 0 Å². The standard InChI is InChI=1S/C20H30N2O3/c1-24-13-14-25-16-20(23)22-12-6-10-19(22)18-9-5-11-21(18)15-17-7-3-2-4-8-17/h2-4,7-8,18-19H,5-6,9-16H2,1H3/t18-,19-/m1/s1. The summed E-state index contributed by atoms with van der Waals surface area (Å²) in [5.74, 6) is 0.130. The molecule has 0 unspecified atom stereocenters. The molecule has 0 aliphatic carbocycles. The number of hydrogen-bond acceptors (Lipinski definition) is 4. The first kappa shape index (κ1) is 18.4. The monoisotopic (exact) mass is 346 g/mol. The zero-order chi connectivity index (χ0) is 17.5. The lowest BCUT2D eigenvalue weighted by Crippen LogP contribution is -2.49. The van der Waals surface area contributed by atoms with E-state index >= 15 is 0 Å². The molecule has 0 aromatic heterocycles. The number of carbonyl (C=O) groups excluding carboxylic acids is 1. The Morgan fingerprint density at radius 1 is 1.08 bits per heavy atom. The van der Waals surface area contributed by atoms with Crippen LogP contribution in [0, 0.1) is 0 Å². The van der Waals surface area contributed by atoms with Crippen LogP contribution in [0.15, 0.2) is 30.3 Å². The average molecular weight is 346 g/mol. The van der Waals surface area contributed by atoms with E-state index in [2.05, 4.69) is 40.1 Å². The van der Waals surface area contributed by atoms with Crippen molar-refractivity contribution in [3.63, 3.8) is 0 Å². The van der Waals surface area contributed by atoms with Crippen molar-refractivity contribution < 1.29 is 14.3 Å². The Morgan fingerprint density at radius 2 is 1.84 bits per heavy atom. The number of carbonyl (C=O) groups is 1. The number of amides is 1. The first-order valence-electron chi connectivity index (χ1n) is 9.43. The normalized spacial score (nSPS) is 24.1. The largest absolute Gasteiger partial charge is 0.382 e. The second kappa shape index (κ2) is 9.32. The van der Waals surface area contributed by atoms with Gasteiger partial charge in [-0.15, -0.1) is 0 Å². The van der Waals surface area contributed by atoms with Crippen molar-refractivity contribution in [2.75, 3.05) is 40.0 Å². The molecule has 1 aromatic rings. The fraction of sp³-hybridized carbons (Fsp3) is 0.650. The summed E-state index contributed by atoms with van der Waals surface area (Å²) in [5.41, 5.74) is 1.35. The van der Waals surface area contributed by atoms with E-state index in [1.54, 1.807) is 7.11 Å². The van der Waals surface area contributed by atoms with Gasteiger partial charge >= 0.3 is 0 Å². The first-order chi connectivity index (χ1) is 12.3. The molecule has 0 spiro atoms. The third kappa shape index (κ3) is 4.81. The van der Waals surface area contributed by atoms with Gasteiger partial charge in [-0.1, -0.05) is 30.3 Å². The lowest BCUT2D eigenvalue weighted by molar-refractivity contribution is -0.138. The maximum absolute atomic E-state index is 12.6. The van der Waals surface area contributed by atoms with Crippen LogP contribution in [0.5, 0.6) is 0 Å². The third-order valence-electron chi connectivity index (χ3n) is 5.36. The molecule has 25 heavy (non-hydrogen) atoms. The molecule has 5 heteroatoms. The molecule has 2 fully saturated rings. The van der Waals surface area contributed by atoms with Gasteiger partial charge < -0.3 is 14.4 Å². The zero-order valence-electron chi connectivity index (χ0n) is 15.2. The van der Waals surface area contributed by atoms with E-state index in [4.69, 9.17) is 9.47 Å².